The van der Waals surface area contributed by atoms with Gasteiger partial charge in [-0.05, 0) is 44.4 Å². The molecular formula is C43H82O7. The van der Waals surface area contributed by atoms with Gasteiger partial charge >= 0.3 is 11.9 Å². The first kappa shape index (κ1) is 48.6. The minimum atomic E-state index is -1.01. The summed E-state index contributed by atoms with van der Waals surface area (Å²) in [6.07, 6.45) is 34.4. The first-order valence-corrected chi connectivity index (χ1v) is 21.3. The van der Waals surface area contributed by atoms with Crippen LogP contribution in [0.2, 0.25) is 0 Å². The Balaban J connectivity index is 3.50. The van der Waals surface area contributed by atoms with Crippen LogP contribution in [0.5, 0.6) is 0 Å². The third kappa shape index (κ3) is 36.4. The zero-order chi connectivity index (χ0) is 36.9. The van der Waals surface area contributed by atoms with Gasteiger partial charge in [-0.25, -0.2) is 0 Å². The molecule has 0 aromatic heterocycles. The highest BCUT2D eigenvalue weighted by molar-refractivity contribution is 5.69. The Morgan fingerprint density at radius 3 is 1.32 bits per heavy atom. The van der Waals surface area contributed by atoms with Gasteiger partial charge in [0, 0.05) is 12.8 Å². The fourth-order valence-corrected chi connectivity index (χ4v) is 6.24. The van der Waals surface area contributed by atoms with Crippen LogP contribution < -0.4 is 0 Å². The molecule has 0 aliphatic carbocycles. The first-order chi connectivity index (χ1) is 24.3. The highest BCUT2D eigenvalue weighted by Gasteiger charge is 2.15. The third-order valence-electron chi connectivity index (χ3n) is 9.63. The quantitative estimate of drug-likeness (QED) is 0.0332. The van der Waals surface area contributed by atoms with E-state index in [4.69, 9.17) is 9.47 Å². The predicted octanol–water partition coefficient (Wildman–Crippen LogP) is 11.1. The minimum Gasteiger partial charge on any atom is -0.463 e. The number of ether oxygens (including phenoxy) is 2. The molecule has 0 bridgehead atoms. The molecule has 3 atom stereocenters. The number of carbonyl (C=O) groups is 2. The summed E-state index contributed by atoms with van der Waals surface area (Å²) < 4.78 is 10.3. The molecule has 0 aromatic rings. The van der Waals surface area contributed by atoms with Gasteiger partial charge in [-0.2, -0.15) is 0 Å². The van der Waals surface area contributed by atoms with Crippen molar-refractivity contribution in [3.63, 3.8) is 0 Å². The molecule has 0 radical (unpaired) electrons. The summed E-state index contributed by atoms with van der Waals surface area (Å²) in [5, 5.41) is 30.3. The van der Waals surface area contributed by atoms with Gasteiger partial charge in [0.2, 0.25) is 0 Å². The maximum Gasteiger partial charge on any atom is 0.305 e. The molecule has 3 N–H and O–H groups in total. The van der Waals surface area contributed by atoms with Crippen molar-refractivity contribution in [1.82, 2.24) is 0 Å². The summed E-state index contributed by atoms with van der Waals surface area (Å²) in [5.74, 6) is 0.188. The molecule has 0 rings (SSSR count). The normalized spacial score (nSPS) is 13.6. The highest BCUT2D eigenvalue weighted by Crippen LogP contribution is 2.16. The van der Waals surface area contributed by atoms with E-state index in [-0.39, 0.29) is 31.6 Å². The lowest BCUT2D eigenvalue weighted by molar-refractivity contribution is -0.152. The average Bonchev–Trinajstić information content (AvgIpc) is 3.09. The predicted molar refractivity (Wildman–Crippen MR) is 208 cm³/mol. The Kier molecular flexibility index (Phi) is 36.2. The molecule has 0 saturated carbocycles. The van der Waals surface area contributed by atoms with E-state index in [9.17, 15) is 24.9 Å². The van der Waals surface area contributed by atoms with Crippen LogP contribution in [0.25, 0.3) is 0 Å². The van der Waals surface area contributed by atoms with Crippen LogP contribution in [0, 0.1) is 5.92 Å². The van der Waals surface area contributed by atoms with Gasteiger partial charge in [0.15, 0.2) is 0 Å². The Morgan fingerprint density at radius 2 is 0.900 bits per heavy atom. The number of allylic oxidation sites excluding steroid dienone is 1. The summed E-state index contributed by atoms with van der Waals surface area (Å²) in [6, 6.07) is 0. The van der Waals surface area contributed by atoms with Crippen molar-refractivity contribution in [2.75, 3.05) is 13.2 Å². The van der Waals surface area contributed by atoms with Crippen LogP contribution in [-0.2, 0) is 19.1 Å². The maximum absolute atomic E-state index is 12.0. The average molecular weight is 711 g/mol. The number of unbranched alkanes of at least 4 members (excludes halogenated alkanes) is 22. The lowest BCUT2D eigenvalue weighted by Gasteiger charge is -2.16. The zero-order valence-corrected chi connectivity index (χ0v) is 33.1. The smallest absolute Gasteiger partial charge is 0.305 e. The summed E-state index contributed by atoms with van der Waals surface area (Å²) in [5.41, 5.74) is 0. The van der Waals surface area contributed by atoms with E-state index < -0.39 is 18.3 Å². The van der Waals surface area contributed by atoms with E-state index in [1.807, 2.05) is 6.08 Å². The molecule has 50 heavy (non-hydrogen) atoms. The number of esters is 2. The lowest BCUT2D eigenvalue weighted by Crippen LogP contribution is -2.25. The molecule has 7 heteroatoms. The Hall–Kier alpha value is -1.44. The van der Waals surface area contributed by atoms with Crippen molar-refractivity contribution >= 4 is 11.9 Å². The molecule has 7 nitrogen and oxygen atoms in total. The molecule has 0 aliphatic rings. The molecule has 0 aromatic carbocycles. The number of rotatable bonds is 38. The van der Waals surface area contributed by atoms with E-state index in [1.54, 1.807) is 0 Å². The number of hydrogen-bond acceptors (Lipinski definition) is 7. The van der Waals surface area contributed by atoms with E-state index in [0.29, 0.717) is 25.7 Å². The molecule has 0 amide bonds. The largest absolute Gasteiger partial charge is 0.463 e. The standard InChI is InChI=1S/C43H82O7/c1-4-5-6-7-22-27-32-40(45)41(46)33-28-23-20-25-30-35-43(48)50-37-39(44)36-49-42(47)34-29-24-19-17-15-13-11-9-8-10-12-14-16-18-21-26-31-38(2)3/h22,27,38-41,44-46H,4-21,23-26,28-37H2,1-3H3/b27-22-/t39-,40+,41+/m0/s1. The second kappa shape index (κ2) is 37.3. The fraction of sp³-hybridized carbons (Fsp3) is 0.907. The monoisotopic (exact) mass is 711 g/mol. The number of aliphatic hydroxyl groups is 3. The number of carbonyl (C=O) groups excluding carboxylic acids is 2. The van der Waals surface area contributed by atoms with Crippen LogP contribution in [0.15, 0.2) is 12.2 Å². The second-order valence-corrected chi connectivity index (χ2v) is 15.3. The molecule has 0 heterocycles. The van der Waals surface area contributed by atoms with Gasteiger partial charge in [0.05, 0.1) is 12.2 Å². The molecule has 0 fully saturated rings. The van der Waals surface area contributed by atoms with Crippen molar-refractivity contribution in [2.45, 2.75) is 232 Å². The summed E-state index contributed by atoms with van der Waals surface area (Å²) >= 11 is 0. The highest BCUT2D eigenvalue weighted by atomic mass is 16.6. The van der Waals surface area contributed by atoms with Gasteiger partial charge in [-0.1, -0.05) is 174 Å². The van der Waals surface area contributed by atoms with Gasteiger partial charge in [-0.3, -0.25) is 9.59 Å². The topological polar surface area (TPSA) is 113 Å². The minimum absolute atomic E-state index is 0.152. The van der Waals surface area contributed by atoms with Crippen LogP contribution in [0.1, 0.15) is 213 Å². The van der Waals surface area contributed by atoms with Crippen molar-refractivity contribution in [3.8, 4) is 0 Å². The second-order valence-electron chi connectivity index (χ2n) is 15.3. The van der Waals surface area contributed by atoms with Gasteiger partial charge in [0.25, 0.3) is 0 Å². The SMILES string of the molecule is CCCCC/C=C\C[C@@H](O)[C@H](O)CCCCCCCC(=O)OC[C@@H](O)COC(=O)CCCCCCCCCCCCCCCCCCC(C)C. The van der Waals surface area contributed by atoms with Crippen LogP contribution in [0.3, 0.4) is 0 Å². The third-order valence-corrected chi connectivity index (χ3v) is 9.63. The maximum atomic E-state index is 12.0. The van der Waals surface area contributed by atoms with Crippen LogP contribution in [0.4, 0.5) is 0 Å². The van der Waals surface area contributed by atoms with E-state index in [2.05, 4.69) is 26.8 Å². The Morgan fingerprint density at radius 1 is 0.500 bits per heavy atom. The Bertz CT molecular complexity index is 768. The lowest BCUT2D eigenvalue weighted by atomic mass is 10.0. The van der Waals surface area contributed by atoms with Crippen LogP contribution >= 0.6 is 0 Å². The van der Waals surface area contributed by atoms with Gasteiger partial charge in [-0.15, -0.1) is 0 Å². The summed E-state index contributed by atoms with van der Waals surface area (Å²) in [7, 11) is 0. The summed E-state index contributed by atoms with van der Waals surface area (Å²) in [6.45, 7) is 6.49. The molecule has 0 aliphatic heterocycles. The first-order valence-electron chi connectivity index (χ1n) is 21.3. The van der Waals surface area contributed by atoms with E-state index in [0.717, 1.165) is 57.3 Å². The van der Waals surface area contributed by atoms with Crippen molar-refractivity contribution in [3.05, 3.63) is 12.2 Å². The number of aliphatic hydroxyl groups excluding tert-OH is 3. The fourth-order valence-electron chi connectivity index (χ4n) is 6.24. The van der Waals surface area contributed by atoms with Gasteiger partial charge in [0.1, 0.15) is 19.3 Å². The van der Waals surface area contributed by atoms with E-state index >= 15 is 0 Å². The molecule has 0 unspecified atom stereocenters. The molecule has 296 valence electrons. The molecular weight excluding hydrogens is 628 g/mol. The summed E-state index contributed by atoms with van der Waals surface area (Å²) in [4.78, 5) is 24.0. The van der Waals surface area contributed by atoms with Gasteiger partial charge < -0.3 is 24.8 Å². The van der Waals surface area contributed by atoms with Crippen molar-refractivity contribution in [1.29, 1.82) is 0 Å². The van der Waals surface area contributed by atoms with Crippen LogP contribution in [-0.4, -0.2) is 58.8 Å². The Labute approximate surface area is 308 Å². The van der Waals surface area contributed by atoms with Crippen molar-refractivity contribution < 1.29 is 34.4 Å². The molecule has 0 spiro atoms. The zero-order valence-electron chi connectivity index (χ0n) is 33.1. The van der Waals surface area contributed by atoms with Crippen molar-refractivity contribution in [2.24, 2.45) is 5.92 Å². The molecule has 0 saturated heterocycles. The van der Waals surface area contributed by atoms with E-state index in [1.165, 1.54) is 109 Å². The number of hydrogen-bond donors (Lipinski definition) is 3.